The van der Waals surface area contributed by atoms with Gasteiger partial charge in [-0.25, -0.2) is 4.98 Å². The Bertz CT molecular complexity index is 2530. The van der Waals surface area contributed by atoms with E-state index in [9.17, 15) is 32.7 Å². The van der Waals surface area contributed by atoms with Gasteiger partial charge in [0, 0.05) is 22.7 Å². The molecule has 2 saturated heterocycles. The summed E-state index contributed by atoms with van der Waals surface area (Å²) in [6.07, 6.45) is -2.25. The number of aromatic nitrogens is 1. The molecule has 3 heterocycles. The van der Waals surface area contributed by atoms with Gasteiger partial charge < -0.3 is 5.11 Å². The van der Waals surface area contributed by atoms with Crippen molar-refractivity contribution in [3.8, 4) is 5.75 Å². The van der Waals surface area contributed by atoms with Crippen molar-refractivity contribution >= 4 is 69.1 Å². The predicted octanol–water partition coefficient (Wildman–Crippen LogP) is 8.46. The maximum Gasteiger partial charge on any atom is 0.417 e. The molecule has 56 heavy (non-hydrogen) atoms. The number of imide groups is 2. The van der Waals surface area contributed by atoms with Crippen LogP contribution >= 0.6 is 23.2 Å². The van der Waals surface area contributed by atoms with Crippen LogP contribution in [0.2, 0.25) is 10.0 Å². The quantitative estimate of drug-likeness (QED) is 0.135. The molecular formula is C42H29Cl2F3N4O5. The minimum absolute atomic E-state index is 0.0593. The molecular weight excluding hydrogens is 768 g/mol. The highest BCUT2D eigenvalue weighted by Gasteiger charge is 2.71. The number of amides is 4. The maximum absolute atomic E-state index is 15.5. The molecule has 0 bridgehead atoms. The molecule has 1 saturated carbocycles. The summed E-state index contributed by atoms with van der Waals surface area (Å²) in [6.45, 7) is 0. The molecule has 14 heteroatoms. The lowest BCUT2D eigenvalue weighted by Gasteiger charge is -2.51. The van der Waals surface area contributed by atoms with E-state index in [0.717, 1.165) is 10.4 Å². The van der Waals surface area contributed by atoms with Gasteiger partial charge in [-0.05, 0) is 71.5 Å². The van der Waals surface area contributed by atoms with Gasteiger partial charge in [0.2, 0.25) is 11.8 Å². The number of carbonyl (C=O) groups is 4. The number of pyridine rings is 1. The monoisotopic (exact) mass is 796 g/mol. The maximum atomic E-state index is 15.5. The second kappa shape index (κ2) is 12.9. The van der Waals surface area contributed by atoms with E-state index in [1.165, 1.54) is 11.0 Å². The van der Waals surface area contributed by atoms with Crippen LogP contribution in [0.25, 0.3) is 10.8 Å². The third kappa shape index (κ3) is 5.18. The third-order valence-corrected chi connectivity index (χ3v) is 12.3. The Morgan fingerprint density at radius 3 is 2.27 bits per heavy atom. The number of phenols is 1. The Kier molecular flexibility index (Phi) is 8.30. The van der Waals surface area contributed by atoms with E-state index in [1.807, 2.05) is 18.2 Å². The van der Waals surface area contributed by atoms with Crippen LogP contribution in [0.15, 0.2) is 115 Å². The van der Waals surface area contributed by atoms with Crippen molar-refractivity contribution < 1.29 is 37.5 Å². The molecule has 2 aliphatic heterocycles. The molecule has 4 aliphatic rings. The van der Waals surface area contributed by atoms with Crippen LogP contribution in [-0.4, -0.2) is 38.7 Å². The van der Waals surface area contributed by atoms with Gasteiger partial charge in [-0.1, -0.05) is 95.5 Å². The molecule has 3 fully saturated rings. The molecule has 1 aromatic heterocycles. The first-order valence-electron chi connectivity index (χ1n) is 17.8. The van der Waals surface area contributed by atoms with E-state index in [2.05, 4.69) is 10.4 Å². The van der Waals surface area contributed by atoms with Crippen molar-refractivity contribution in [2.45, 2.75) is 30.4 Å². The average Bonchev–Trinajstić information content (AvgIpc) is 3.56. The van der Waals surface area contributed by atoms with Crippen molar-refractivity contribution in [3.05, 3.63) is 142 Å². The smallest absolute Gasteiger partial charge is 0.417 e. The van der Waals surface area contributed by atoms with Crippen molar-refractivity contribution in [1.82, 2.24) is 9.99 Å². The van der Waals surface area contributed by atoms with E-state index in [1.54, 1.807) is 72.8 Å². The summed E-state index contributed by atoms with van der Waals surface area (Å²) in [6, 6.07) is 26.2. The number of anilines is 2. The largest absolute Gasteiger partial charge is 0.508 e. The summed E-state index contributed by atoms with van der Waals surface area (Å²) < 4.78 is 40.6. The number of nitrogens with one attached hydrogen (secondary N) is 1. The number of hydrazine groups is 1. The third-order valence-electron chi connectivity index (χ3n) is 11.8. The SMILES string of the molecule is O=C1C2CC3C(=CCC4C(=O)N(c5ccccc5)C(=O)C43)C(c3c(O)ccc4ccccc34)C2(c2ccc(Cl)cc2)C(=O)N1Nc1ncc(C(F)(F)F)cc1Cl. The van der Waals surface area contributed by atoms with Crippen LogP contribution in [0, 0.1) is 23.7 Å². The second-order valence-corrected chi connectivity index (χ2v) is 15.3. The van der Waals surface area contributed by atoms with Gasteiger partial charge in [-0.15, -0.1) is 0 Å². The number of allylic oxidation sites excluding steroid dienone is 2. The first kappa shape index (κ1) is 35.9. The summed E-state index contributed by atoms with van der Waals surface area (Å²) in [4.78, 5) is 64.1. The Hall–Kier alpha value is -5.72. The van der Waals surface area contributed by atoms with Gasteiger partial charge in [0.1, 0.15) is 5.75 Å². The van der Waals surface area contributed by atoms with Crippen LogP contribution < -0.4 is 10.3 Å². The standard InChI is InChI=1S/C42H29Cl2F3N4O5/c43-24-13-11-22(12-14-24)41-30(38(54)51(40(41)56)49-36-31(44)18-23(20-48-36)42(45,46)47)19-29-27(35(41)34-26-9-5-4-6-21(26)10-17-32(34)52)15-16-28-33(29)39(55)50(37(28)53)25-7-2-1-3-8-25/h1-15,17-18,20,28-30,33,35,52H,16,19H2,(H,48,49). The summed E-state index contributed by atoms with van der Waals surface area (Å²) in [7, 11) is 0. The topological polar surface area (TPSA) is 120 Å². The first-order chi connectivity index (χ1) is 26.8. The van der Waals surface area contributed by atoms with Gasteiger partial charge in [-0.2, -0.15) is 18.2 Å². The highest BCUT2D eigenvalue weighted by molar-refractivity contribution is 6.33. The zero-order chi connectivity index (χ0) is 39.3. The normalized spacial score (nSPS) is 25.9. The van der Waals surface area contributed by atoms with E-state index in [-0.39, 0.29) is 30.3 Å². The van der Waals surface area contributed by atoms with Crippen LogP contribution in [0.4, 0.5) is 24.7 Å². The minimum Gasteiger partial charge on any atom is -0.508 e. The number of nitrogens with zero attached hydrogens (tertiary/aromatic N) is 3. The first-order valence-corrected chi connectivity index (χ1v) is 18.5. The van der Waals surface area contributed by atoms with Gasteiger partial charge >= 0.3 is 6.18 Å². The molecule has 5 aromatic rings. The molecule has 2 aliphatic carbocycles. The van der Waals surface area contributed by atoms with E-state index < -0.39 is 69.5 Å². The molecule has 2 N–H and O–H groups in total. The summed E-state index contributed by atoms with van der Waals surface area (Å²) >= 11 is 12.7. The number of aromatic hydroxyl groups is 1. The van der Waals surface area contributed by atoms with Crippen LogP contribution in [-0.2, 0) is 30.8 Å². The molecule has 4 amide bonds. The van der Waals surface area contributed by atoms with Crippen molar-refractivity contribution in [1.29, 1.82) is 0 Å². The van der Waals surface area contributed by atoms with E-state index >= 15 is 4.79 Å². The lowest BCUT2D eigenvalue weighted by molar-refractivity contribution is -0.139. The fourth-order valence-corrected chi connectivity index (χ4v) is 9.85. The second-order valence-electron chi connectivity index (χ2n) is 14.5. The summed E-state index contributed by atoms with van der Waals surface area (Å²) in [5, 5.41) is 13.8. The zero-order valence-electron chi connectivity index (χ0n) is 29.0. The number of benzene rings is 4. The van der Waals surface area contributed by atoms with Gasteiger partial charge in [0.25, 0.3) is 11.8 Å². The molecule has 4 aromatic carbocycles. The van der Waals surface area contributed by atoms with Crippen LogP contribution in [0.3, 0.4) is 0 Å². The minimum atomic E-state index is -4.76. The van der Waals surface area contributed by atoms with Gasteiger partial charge in [0.05, 0.1) is 39.4 Å². The lowest BCUT2D eigenvalue weighted by atomic mass is 9.48. The Morgan fingerprint density at radius 2 is 1.55 bits per heavy atom. The molecule has 0 radical (unpaired) electrons. The summed E-state index contributed by atoms with van der Waals surface area (Å²) in [5.74, 6) is -7.60. The number of fused-ring (bicyclic) bond motifs is 5. The number of alkyl halides is 3. The molecule has 9 rings (SSSR count). The number of hydrogen-bond donors (Lipinski definition) is 2. The molecule has 6 unspecified atom stereocenters. The number of halogens is 5. The zero-order valence-corrected chi connectivity index (χ0v) is 30.5. The summed E-state index contributed by atoms with van der Waals surface area (Å²) in [5.41, 5.74) is 1.42. The Balaban J connectivity index is 1.27. The van der Waals surface area contributed by atoms with E-state index in [0.29, 0.717) is 45.1 Å². The van der Waals surface area contributed by atoms with E-state index in [4.69, 9.17) is 23.2 Å². The fourth-order valence-electron chi connectivity index (χ4n) is 9.52. The molecule has 0 spiro atoms. The van der Waals surface area contributed by atoms with Crippen molar-refractivity contribution in [2.75, 3.05) is 10.3 Å². The number of phenolic OH excluding ortho intramolecular Hbond substituents is 1. The Morgan fingerprint density at radius 1 is 0.839 bits per heavy atom. The number of hydrogen-bond acceptors (Lipinski definition) is 7. The van der Waals surface area contributed by atoms with Gasteiger partial charge in [-0.3, -0.25) is 29.5 Å². The molecule has 9 nitrogen and oxygen atoms in total. The van der Waals surface area contributed by atoms with Gasteiger partial charge in [0.15, 0.2) is 5.82 Å². The average molecular weight is 798 g/mol. The highest BCUT2D eigenvalue weighted by atomic mass is 35.5. The van der Waals surface area contributed by atoms with Crippen molar-refractivity contribution in [2.24, 2.45) is 23.7 Å². The van der Waals surface area contributed by atoms with Crippen molar-refractivity contribution in [3.63, 3.8) is 0 Å². The highest BCUT2D eigenvalue weighted by Crippen LogP contribution is 2.65. The molecule has 282 valence electrons. The predicted molar refractivity (Wildman–Crippen MR) is 201 cm³/mol. The number of para-hydroxylation sites is 1. The van der Waals surface area contributed by atoms with Crippen LogP contribution in [0.1, 0.15) is 35.4 Å². The number of carbonyl (C=O) groups excluding carboxylic acids is 4. The molecule has 6 atom stereocenters. The fraction of sp³-hybridized carbons (Fsp3) is 0.214. The Labute approximate surface area is 327 Å². The van der Waals surface area contributed by atoms with Crippen LogP contribution in [0.5, 0.6) is 5.75 Å². The number of rotatable bonds is 5. The lowest BCUT2D eigenvalue weighted by Crippen LogP contribution is -2.53.